The van der Waals surface area contributed by atoms with Gasteiger partial charge in [0, 0.05) is 69.6 Å². The fourth-order valence-corrected chi connectivity index (χ4v) is 9.41. The van der Waals surface area contributed by atoms with Crippen molar-refractivity contribution >= 4 is 69.9 Å². The fourth-order valence-electron chi connectivity index (χ4n) is 9.41. The molecule has 68 heavy (non-hydrogen) atoms. The Balaban J connectivity index is 0.758. The zero-order valence-corrected chi connectivity index (χ0v) is 37.6. The van der Waals surface area contributed by atoms with E-state index in [4.69, 9.17) is 9.47 Å². The number of aromatic nitrogens is 1. The maximum atomic E-state index is 15.6. The highest BCUT2D eigenvalue weighted by Gasteiger charge is 2.49. The van der Waals surface area contributed by atoms with Crippen LogP contribution in [0, 0.1) is 5.82 Å². The van der Waals surface area contributed by atoms with Crippen molar-refractivity contribution in [3.8, 4) is 5.75 Å². The number of ether oxygens (including phenoxy) is 2. The van der Waals surface area contributed by atoms with E-state index >= 15 is 13.2 Å². The lowest BCUT2D eigenvalue weighted by atomic mass is 10.0. The number of halogens is 3. The average Bonchev–Trinajstić information content (AvgIpc) is 3.93. The molecule has 3 aromatic rings. The molecule has 7 amide bonds. The predicted molar refractivity (Wildman–Crippen MR) is 241 cm³/mol. The summed E-state index contributed by atoms with van der Waals surface area (Å²) in [5, 5.41) is 13.7. The number of hydrogen-bond donors (Lipinski definition) is 5. The predicted octanol–water partition coefficient (Wildman–Crippen LogP) is 3.17. The number of nitrogens with one attached hydrogen (secondary N) is 5. The number of hydrogen-bond acceptors (Lipinski definition) is 14. The Hall–Kier alpha value is -6.81. The second-order valence-electron chi connectivity index (χ2n) is 17.4. The Bertz CT molecular complexity index is 2500. The van der Waals surface area contributed by atoms with Gasteiger partial charge in [-0.25, -0.2) is 9.37 Å². The second-order valence-corrected chi connectivity index (χ2v) is 17.4. The largest absolute Gasteiger partial charge is 0.495 e. The summed E-state index contributed by atoms with van der Waals surface area (Å²) in [4.78, 5) is 98.9. The van der Waals surface area contributed by atoms with Crippen molar-refractivity contribution in [1.29, 1.82) is 0 Å². The van der Waals surface area contributed by atoms with Gasteiger partial charge >= 0.3 is 5.92 Å². The number of carbonyl (C=O) groups excluding carboxylic acids is 7. The van der Waals surface area contributed by atoms with E-state index in [2.05, 4.69) is 36.5 Å². The summed E-state index contributed by atoms with van der Waals surface area (Å²) in [6.45, 7) is 1.79. The Morgan fingerprint density at radius 1 is 0.941 bits per heavy atom. The molecule has 0 radical (unpaired) electrons. The van der Waals surface area contributed by atoms with Gasteiger partial charge in [-0.1, -0.05) is 18.9 Å². The number of pyridine rings is 1. The van der Waals surface area contributed by atoms with Crippen LogP contribution in [0.15, 0.2) is 42.6 Å². The quantitative estimate of drug-likeness (QED) is 0.103. The van der Waals surface area contributed by atoms with Gasteiger partial charge in [-0.3, -0.25) is 43.8 Å². The summed E-state index contributed by atoms with van der Waals surface area (Å²) in [6, 6.07) is 7.07. The molecule has 5 N–H and O–H groups in total. The lowest BCUT2D eigenvalue weighted by Gasteiger charge is -2.32. The van der Waals surface area contributed by atoms with Crippen LogP contribution in [-0.4, -0.2) is 147 Å². The summed E-state index contributed by atoms with van der Waals surface area (Å²) in [6.07, 6.45) is 5.78. The highest BCUT2D eigenvalue weighted by molar-refractivity contribution is 6.25. The SMILES string of the molecule is COc1cc(C(=O)NC2CCN(CCOCCNC(=O)CNc3cccc4c3C(=O)N(C3CCC(=O)NC3=O)C4=O)CC2)c(F)cc1Nc1cc2c(cn1)N(C)C(=O)C(F)(F)CN2C1CCCC1. The van der Waals surface area contributed by atoms with Gasteiger partial charge in [0.15, 0.2) is 0 Å². The summed E-state index contributed by atoms with van der Waals surface area (Å²) in [5.41, 5.74) is 0.997. The van der Waals surface area contributed by atoms with Gasteiger partial charge < -0.3 is 45.4 Å². The van der Waals surface area contributed by atoms with Crippen molar-refractivity contribution in [2.24, 2.45) is 0 Å². The van der Waals surface area contributed by atoms with Crippen molar-refractivity contribution in [2.75, 3.05) is 87.1 Å². The third-order valence-electron chi connectivity index (χ3n) is 13.0. The number of anilines is 5. The van der Waals surface area contributed by atoms with Crippen molar-refractivity contribution in [2.45, 2.75) is 75.4 Å². The number of carbonyl (C=O) groups is 7. The van der Waals surface area contributed by atoms with Gasteiger partial charge in [0.05, 0.1) is 73.4 Å². The van der Waals surface area contributed by atoms with Gasteiger partial charge in [0.1, 0.15) is 23.4 Å². The molecular weight excluding hydrogens is 894 g/mol. The zero-order valence-electron chi connectivity index (χ0n) is 37.6. The lowest BCUT2D eigenvalue weighted by molar-refractivity contribution is -0.140. The molecule has 4 aliphatic heterocycles. The van der Waals surface area contributed by atoms with E-state index in [-0.39, 0.29) is 95.8 Å². The maximum absolute atomic E-state index is 15.6. The number of amides is 7. The minimum absolute atomic E-state index is 0.00111. The number of methoxy groups -OCH3 is 1. The Kier molecular flexibility index (Phi) is 14.2. The molecule has 19 nitrogen and oxygen atoms in total. The first-order chi connectivity index (χ1) is 32.6. The Morgan fingerprint density at radius 3 is 2.44 bits per heavy atom. The molecule has 5 heterocycles. The van der Waals surface area contributed by atoms with E-state index in [1.54, 1.807) is 23.1 Å². The van der Waals surface area contributed by atoms with Crippen LogP contribution in [-0.2, 0) is 23.9 Å². The van der Waals surface area contributed by atoms with Gasteiger partial charge in [-0.2, -0.15) is 8.78 Å². The van der Waals surface area contributed by atoms with Crippen LogP contribution >= 0.6 is 0 Å². The normalized spacial score (nSPS) is 19.9. The molecule has 1 aliphatic carbocycles. The van der Waals surface area contributed by atoms with Crippen molar-refractivity contribution in [3.63, 3.8) is 0 Å². The first kappa shape index (κ1) is 47.7. The first-order valence-electron chi connectivity index (χ1n) is 22.7. The smallest absolute Gasteiger partial charge is 0.342 e. The fraction of sp³-hybridized carbons (Fsp3) is 0.478. The van der Waals surface area contributed by atoms with Crippen LogP contribution in [0.25, 0.3) is 0 Å². The molecule has 2 saturated heterocycles. The molecule has 1 saturated carbocycles. The van der Waals surface area contributed by atoms with E-state index in [0.29, 0.717) is 57.6 Å². The van der Waals surface area contributed by atoms with E-state index in [9.17, 15) is 33.6 Å². The van der Waals surface area contributed by atoms with E-state index in [1.165, 1.54) is 32.5 Å². The first-order valence-corrected chi connectivity index (χ1v) is 22.7. The van der Waals surface area contributed by atoms with Crippen molar-refractivity contribution in [1.82, 2.24) is 30.7 Å². The average molecular weight is 947 g/mol. The number of alkyl halides is 2. The molecule has 5 aliphatic rings. The van der Waals surface area contributed by atoms with Crippen LogP contribution < -0.4 is 41.1 Å². The second kappa shape index (κ2) is 20.2. The monoisotopic (exact) mass is 946 g/mol. The number of likely N-dealkylation sites (tertiary alicyclic amines) is 1. The molecule has 0 spiro atoms. The minimum Gasteiger partial charge on any atom is -0.495 e. The van der Waals surface area contributed by atoms with Crippen LogP contribution in [0.1, 0.15) is 82.4 Å². The summed E-state index contributed by atoms with van der Waals surface area (Å²) < 4.78 is 57.0. The number of piperidine rings is 2. The molecule has 0 bridgehead atoms. The van der Waals surface area contributed by atoms with Gasteiger partial charge in [-0.15, -0.1) is 0 Å². The molecule has 3 fully saturated rings. The number of rotatable bonds is 16. The maximum Gasteiger partial charge on any atom is 0.342 e. The molecule has 2 aromatic carbocycles. The zero-order chi connectivity index (χ0) is 48.3. The summed E-state index contributed by atoms with van der Waals surface area (Å²) in [7, 11) is 2.67. The van der Waals surface area contributed by atoms with Crippen molar-refractivity contribution in [3.05, 3.63) is 65.1 Å². The highest BCUT2D eigenvalue weighted by atomic mass is 19.3. The Morgan fingerprint density at radius 2 is 1.71 bits per heavy atom. The third-order valence-corrected chi connectivity index (χ3v) is 13.0. The molecule has 1 unspecified atom stereocenters. The van der Waals surface area contributed by atoms with Gasteiger partial charge in [0.25, 0.3) is 23.6 Å². The lowest BCUT2D eigenvalue weighted by Crippen LogP contribution is -2.54. The topological polar surface area (TPSA) is 224 Å². The Labute approximate surface area is 389 Å². The molecule has 1 aromatic heterocycles. The van der Waals surface area contributed by atoms with Gasteiger partial charge in [0.2, 0.25) is 17.7 Å². The number of nitrogens with zero attached hydrogens (tertiary/aromatic N) is 5. The minimum atomic E-state index is -3.61. The van der Waals surface area contributed by atoms with Crippen LogP contribution in [0.5, 0.6) is 5.75 Å². The van der Waals surface area contributed by atoms with Crippen molar-refractivity contribution < 1.29 is 56.2 Å². The van der Waals surface area contributed by atoms with Gasteiger partial charge in [-0.05, 0) is 50.3 Å². The van der Waals surface area contributed by atoms with Crippen LogP contribution in [0.2, 0.25) is 0 Å². The number of fused-ring (bicyclic) bond motifs is 2. The van der Waals surface area contributed by atoms with E-state index in [1.807, 2.05) is 0 Å². The standard InChI is InChI=1S/C46H53F3N10O9/c1-56-35-23-52-37(22-34(35)58(27-6-3-4-7-27)25-46(48,49)45(56)66)54-32-21-30(47)29(20-36(32)67-2)41(62)53-26-12-15-57(16-13-26)17-19-68-18-14-50-39(61)24-51-31-9-5-8-28-40(31)44(65)59(43(28)64)33-10-11-38(60)55-42(33)63/h5,8-9,20-23,26-27,33,51H,3-4,6-7,10-19,24-25H2,1-2H3,(H,50,61)(H,52,54)(H,53,62)(H,55,60,63). The van der Waals surface area contributed by atoms with E-state index < -0.39 is 59.8 Å². The van der Waals surface area contributed by atoms with E-state index in [0.717, 1.165) is 28.7 Å². The molecular formula is C46H53F3N10O9. The molecule has 8 rings (SSSR count). The molecule has 362 valence electrons. The number of benzene rings is 2. The highest BCUT2D eigenvalue weighted by Crippen LogP contribution is 2.42. The summed E-state index contributed by atoms with van der Waals surface area (Å²) >= 11 is 0. The summed E-state index contributed by atoms with van der Waals surface area (Å²) in [5.74, 6) is -8.87. The van der Waals surface area contributed by atoms with Crippen LogP contribution in [0.4, 0.5) is 41.7 Å². The molecule has 1 atom stereocenters. The number of imide groups is 2. The van der Waals surface area contributed by atoms with Crippen LogP contribution in [0.3, 0.4) is 0 Å². The third kappa shape index (κ3) is 10.1. The molecule has 22 heteroatoms.